The lowest BCUT2D eigenvalue weighted by molar-refractivity contribution is 0.620. The Bertz CT molecular complexity index is 572. The van der Waals surface area contributed by atoms with Gasteiger partial charge in [-0.1, -0.05) is 6.07 Å². The Morgan fingerprint density at radius 2 is 2.11 bits per heavy atom. The summed E-state index contributed by atoms with van der Waals surface area (Å²) in [7, 11) is 3.96. The van der Waals surface area contributed by atoms with Gasteiger partial charge in [0.25, 0.3) is 0 Å². The summed E-state index contributed by atoms with van der Waals surface area (Å²) in [5.41, 5.74) is 3.02. The topological polar surface area (TPSA) is 28.2 Å². The fourth-order valence-electron chi connectivity index (χ4n) is 1.76. The molecule has 100 valence electrons. The zero-order valence-electron chi connectivity index (χ0n) is 10.8. The number of halogens is 2. The van der Waals surface area contributed by atoms with Crippen molar-refractivity contribution in [1.82, 2.24) is 4.98 Å². The highest BCUT2D eigenvalue weighted by molar-refractivity contribution is 9.10. The molecule has 2 aromatic rings. The quantitative estimate of drug-likeness (QED) is 0.930. The van der Waals surface area contributed by atoms with Gasteiger partial charge in [-0.3, -0.25) is 4.98 Å². The van der Waals surface area contributed by atoms with Gasteiger partial charge in [0.1, 0.15) is 5.82 Å². The normalized spacial score (nSPS) is 10.3. The standard InChI is InChI=1S/C14H15BrFN3/c1-19(2)14-5-6-17-9-13(14)18-8-10-3-4-12(16)11(15)7-10/h3-7,9,18H,8H2,1-2H3. The fraction of sp³-hybridized carbons (Fsp3) is 0.214. The molecule has 3 nitrogen and oxygen atoms in total. The minimum absolute atomic E-state index is 0.251. The average Bonchev–Trinajstić information content (AvgIpc) is 2.40. The maximum Gasteiger partial charge on any atom is 0.137 e. The maximum atomic E-state index is 13.1. The molecule has 1 heterocycles. The summed E-state index contributed by atoms with van der Waals surface area (Å²) >= 11 is 3.19. The summed E-state index contributed by atoms with van der Waals surface area (Å²) in [5, 5.41) is 3.31. The van der Waals surface area contributed by atoms with Crippen molar-refractivity contribution in [2.75, 3.05) is 24.3 Å². The van der Waals surface area contributed by atoms with Crippen LogP contribution in [0.1, 0.15) is 5.56 Å². The van der Waals surface area contributed by atoms with Crippen molar-refractivity contribution in [2.45, 2.75) is 6.54 Å². The van der Waals surface area contributed by atoms with E-state index in [0.29, 0.717) is 11.0 Å². The van der Waals surface area contributed by atoms with E-state index < -0.39 is 0 Å². The second-order valence-electron chi connectivity index (χ2n) is 4.39. The Kier molecular flexibility index (Phi) is 4.37. The van der Waals surface area contributed by atoms with E-state index in [1.807, 2.05) is 25.1 Å². The smallest absolute Gasteiger partial charge is 0.137 e. The molecule has 0 unspecified atom stereocenters. The number of anilines is 2. The van der Waals surface area contributed by atoms with Crippen LogP contribution in [-0.2, 0) is 6.54 Å². The summed E-state index contributed by atoms with van der Waals surface area (Å²) in [5.74, 6) is -0.251. The summed E-state index contributed by atoms with van der Waals surface area (Å²) < 4.78 is 13.6. The minimum Gasteiger partial charge on any atom is -0.378 e. The summed E-state index contributed by atoms with van der Waals surface area (Å²) in [6.07, 6.45) is 3.54. The van der Waals surface area contributed by atoms with E-state index in [2.05, 4.69) is 26.2 Å². The van der Waals surface area contributed by atoms with Gasteiger partial charge in [0.05, 0.1) is 22.0 Å². The monoisotopic (exact) mass is 323 g/mol. The highest BCUT2D eigenvalue weighted by Crippen LogP contribution is 2.23. The molecular weight excluding hydrogens is 309 g/mol. The van der Waals surface area contributed by atoms with Crippen molar-refractivity contribution >= 4 is 27.3 Å². The SMILES string of the molecule is CN(C)c1ccncc1NCc1ccc(F)c(Br)c1. The lowest BCUT2D eigenvalue weighted by Gasteiger charge is -2.17. The van der Waals surface area contributed by atoms with Crippen LogP contribution >= 0.6 is 15.9 Å². The third-order valence-electron chi connectivity index (χ3n) is 2.75. The Morgan fingerprint density at radius 3 is 2.79 bits per heavy atom. The number of hydrogen-bond donors (Lipinski definition) is 1. The van der Waals surface area contributed by atoms with Gasteiger partial charge in [-0.05, 0) is 39.7 Å². The molecule has 0 aliphatic rings. The zero-order chi connectivity index (χ0) is 13.8. The van der Waals surface area contributed by atoms with Crippen LogP contribution in [0.4, 0.5) is 15.8 Å². The molecule has 19 heavy (non-hydrogen) atoms. The molecule has 1 N–H and O–H groups in total. The van der Waals surface area contributed by atoms with Crippen molar-refractivity contribution < 1.29 is 4.39 Å². The first-order chi connectivity index (χ1) is 9.08. The molecule has 0 amide bonds. The summed E-state index contributed by atoms with van der Waals surface area (Å²) in [6, 6.07) is 6.94. The Labute approximate surface area is 120 Å². The van der Waals surface area contributed by atoms with Gasteiger partial charge < -0.3 is 10.2 Å². The van der Waals surface area contributed by atoms with Crippen molar-refractivity contribution in [3.05, 3.63) is 52.5 Å². The summed E-state index contributed by atoms with van der Waals surface area (Å²) in [6.45, 7) is 0.616. The van der Waals surface area contributed by atoms with Crippen LogP contribution in [0.2, 0.25) is 0 Å². The second kappa shape index (κ2) is 6.02. The lowest BCUT2D eigenvalue weighted by Crippen LogP contribution is -2.12. The van der Waals surface area contributed by atoms with Crippen molar-refractivity contribution in [3.63, 3.8) is 0 Å². The Balaban J connectivity index is 2.12. The van der Waals surface area contributed by atoms with E-state index in [0.717, 1.165) is 16.9 Å². The van der Waals surface area contributed by atoms with Crippen LogP contribution < -0.4 is 10.2 Å². The zero-order valence-corrected chi connectivity index (χ0v) is 12.4. The number of rotatable bonds is 4. The highest BCUT2D eigenvalue weighted by Gasteiger charge is 2.05. The number of nitrogens with one attached hydrogen (secondary N) is 1. The van der Waals surface area contributed by atoms with E-state index in [9.17, 15) is 4.39 Å². The van der Waals surface area contributed by atoms with Gasteiger partial charge in [-0.25, -0.2) is 4.39 Å². The maximum absolute atomic E-state index is 13.1. The van der Waals surface area contributed by atoms with Crippen LogP contribution in [0.25, 0.3) is 0 Å². The molecule has 0 aliphatic carbocycles. The first-order valence-electron chi connectivity index (χ1n) is 5.87. The average molecular weight is 324 g/mol. The molecule has 1 aromatic carbocycles. The molecule has 1 aromatic heterocycles. The van der Waals surface area contributed by atoms with Crippen LogP contribution in [0.5, 0.6) is 0 Å². The van der Waals surface area contributed by atoms with Crippen molar-refractivity contribution in [3.8, 4) is 0 Å². The highest BCUT2D eigenvalue weighted by atomic mass is 79.9. The fourth-order valence-corrected chi connectivity index (χ4v) is 2.19. The van der Waals surface area contributed by atoms with E-state index in [1.165, 1.54) is 6.07 Å². The van der Waals surface area contributed by atoms with Gasteiger partial charge in [-0.2, -0.15) is 0 Å². The molecule has 0 aliphatic heterocycles. The van der Waals surface area contributed by atoms with Crippen LogP contribution in [0.3, 0.4) is 0 Å². The van der Waals surface area contributed by atoms with Gasteiger partial charge in [-0.15, -0.1) is 0 Å². The molecule has 0 bridgehead atoms. The van der Waals surface area contributed by atoms with Crippen molar-refractivity contribution in [2.24, 2.45) is 0 Å². The Hall–Kier alpha value is -1.62. The second-order valence-corrected chi connectivity index (χ2v) is 5.24. The molecule has 0 saturated carbocycles. The third-order valence-corrected chi connectivity index (χ3v) is 3.35. The van der Waals surface area contributed by atoms with Crippen LogP contribution in [0, 0.1) is 5.82 Å². The number of benzene rings is 1. The Morgan fingerprint density at radius 1 is 1.32 bits per heavy atom. The number of aromatic nitrogens is 1. The summed E-state index contributed by atoms with van der Waals surface area (Å²) in [4.78, 5) is 6.13. The molecule has 0 radical (unpaired) electrons. The predicted octanol–water partition coefficient (Wildman–Crippen LogP) is 3.66. The van der Waals surface area contributed by atoms with E-state index in [-0.39, 0.29) is 5.82 Å². The van der Waals surface area contributed by atoms with Crippen LogP contribution in [-0.4, -0.2) is 19.1 Å². The number of nitrogens with zero attached hydrogens (tertiary/aromatic N) is 2. The molecule has 0 atom stereocenters. The first kappa shape index (κ1) is 13.8. The third kappa shape index (κ3) is 3.44. The molecule has 2 rings (SSSR count). The van der Waals surface area contributed by atoms with Gasteiger partial charge >= 0.3 is 0 Å². The van der Waals surface area contributed by atoms with Crippen molar-refractivity contribution in [1.29, 1.82) is 0 Å². The largest absolute Gasteiger partial charge is 0.378 e. The van der Waals surface area contributed by atoms with Gasteiger partial charge in [0, 0.05) is 26.8 Å². The molecule has 0 spiro atoms. The molecule has 0 saturated heterocycles. The van der Waals surface area contributed by atoms with Gasteiger partial charge in [0.15, 0.2) is 0 Å². The minimum atomic E-state index is -0.251. The molecular formula is C14H15BrFN3. The van der Waals surface area contributed by atoms with Crippen LogP contribution in [0.15, 0.2) is 41.1 Å². The first-order valence-corrected chi connectivity index (χ1v) is 6.66. The van der Waals surface area contributed by atoms with E-state index in [4.69, 9.17) is 0 Å². The van der Waals surface area contributed by atoms with E-state index >= 15 is 0 Å². The molecule has 5 heteroatoms. The lowest BCUT2D eigenvalue weighted by atomic mass is 10.2. The van der Waals surface area contributed by atoms with Gasteiger partial charge in [0.2, 0.25) is 0 Å². The van der Waals surface area contributed by atoms with E-state index in [1.54, 1.807) is 24.5 Å². The number of hydrogen-bond acceptors (Lipinski definition) is 3. The molecule has 0 fully saturated rings. The predicted molar refractivity (Wildman–Crippen MR) is 80.0 cm³/mol. The number of pyridine rings is 1.